The van der Waals surface area contributed by atoms with Crippen molar-refractivity contribution in [2.24, 2.45) is 0 Å². The standard InChI is InChI=1S/C23H24BrN5O3/c1-26(15-17-4-2-3-5-20(17)24)23(30)16-27-10-12-28(13-11-27)21-6-7-22(29(31)32)19-14-25-9-8-18(19)21/h2-9,14H,10-13,15-16H2,1H3. The Morgan fingerprint density at radius 3 is 2.59 bits per heavy atom. The lowest BCUT2D eigenvalue weighted by Gasteiger charge is -2.36. The number of likely N-dealkylation sites (N-methyl/N-ethyl adjacent to an activating group) is 1. The van der Waals surface area contributed by atoms with Crippen LogP contribution in [0.25, 0.3) is 10.8 Å². The van der Waals surface area contributed by atoms with Gasteiger partial charge < -0.3 is 9.80 Å². The Morgan fingerprint density at radius 1 is 1.12 bits per heavy atom. The van der Waals surface area contributed by atoms with Crippen molar-refractivity contribution in [3.05, 3.63) is 75.0 Å². The summed E-state index contributed by atoms with van der Waals surface area (Å²) < 4.78 is 0.999. The van der Waals surface area contributed by atoms with Gasteiger partial charge in [-0.1, -0.05) is 34.1 Å². The van der Waals surface area contributed by atoms with Crippen LogP contribution in [0.4, 0.5) is 11.4 Å². The van der Waals surface area contributed by atoms with E-state index in [9.17, 15) is 14.9 Å². The number of halogens is 1. The summed E-state index contributed by atoms with van der Waals surface area (Å²) in [4.78, 5) is 33.9. The number of piperazine rings is 1. The van der Waals surface area contributed by atoms with E-state index in [-0.39, 0.29) is 16.5 Å². The number of fused-ring (bicyclic) bond motifs is 1. The predicted octanol–water partition coefficient (Wildman–Crippen LogP) is 3.69. The quantitative estimate of drug-likeness (QED) is 0.381. The molecule has 1 fully saturated rings. The van der Waals surface area contributed by atoms with Gasteiger partial charge in [0.1, 0.15) is 0 Å². The van der Waals surface area contributed by atoms with Crippen molar-refractivity contribution in [3.63, 3.8) is 0 Å². The maximum Gasteiger partial charge on any atom is 0.278 e. The van der Waals surface area contributed by atoms with E-state index in [1.54, 1.807) is 23.4 Å². The van der Waals surface area contributed by atoms with E-state index in [4.69, 9.17) is 0 Å². The number of rotatable bonds is 6. The van der Waals surface area contributed by atoms with Gasteiger partial charge >= 0.3 is 0 Å². The van der Waals surface area contributed by atoms with Gasteiger partial charge in [0.05, 0.1) is 16.9 Å². The maximum absolute atomic E-state index is 12.7. The number of hydrogen-bond donors (Lipinski definition) is 0. The second-order valence-electron chi connectivity index (χ2n) is 7.89. The first kappa shape index (κ1) is 22.2. The molecule has 166 valence electrons. The molecule has 1 amide bonds. The molecule has 2 aromatic carbocycles. The van der Waals surface area contributed by atoms with Crippen LogP contribution in [-0.4, -0.2) is 65.4 Å². The van der Waals surface area contributed by atoms with E-state index >= 15 is 0 Å². The van der Waals surface area contributed by atoms with Gasteiger partial charge in [-0.3, -0.25) is 24.8 Å². The van der Waals surface area contributed by atoms with Crippen LogP contribution in [0, 0.1) is 10.1 Å². The highest BCUT2D eigenvalue weighted by Crippen LogP contribution is 2.33. The molecular formula is C23H24BrN5O3. The molecular weight excluding hydrogens is 474 g/mol. The third kappa shape index (κ3) is 4.73. The first-order valence-corrected chi connectivity index (χ1v) is 11.2. The molecule has 9 heteroatoms. The number of aromatic nitrogens is 1. The SMILES string of the molecule is CN(Cc1ccccc1Br)C(=O)CN1CCN(c2ccc([N+](=O)[O-])c3cnccc23)CC1. The average Bonchev–Trinajstić information content (AvgIpc) is 2.80. The number of nitro groups is 1. The van der Waals surface area contributed by atoms with Crippen molar-refractivity contribution >= 4 is 44.0 Å². The summed E-state index contributed by atoms with van der Waals surface area (Å²) in [5, 5.41) is 12.7. The highest BCUT2D eigenvalue weighted by Gasteiger charge is 2.23. The zero-order valence-electron chi connectivity index (χ0n) is 17.8. The molecule has 4 rings (SSSR count). The van der Waals surface area contributed by atoms with Crippen LogP contribution < -0.4 is 4.90 Å². The van der Waals surface area contributed by atoms with E-state index in [2.05, 4.69) is 30.7 Å². The molecule has 1 aliphatic heterocycles. The number of amides is 1. The number of nitro benzene ring substituents is 1. The third-order valence-corrected chi connectivity index (χ3v) is 6.61. The molecule has 0 spiro atoms. The zero-order chi connectivity index (χ0) is 22.7. The zero-order valence-corrected chi connectivity index (χ0v) is 19.4. The molecule has 8 nitrogen and oxygen atoms in total. The van der Waals surface area contributed by atoms with E-state index in [0.717, 1.165) is 47.3 Å². The molecule has 0 saturated carbocycles. The Hall–Kier alpha value is -3.04. The van der Waals surface area contributed by atoms with Gasteiger partial charge in [0, 0.05) is 73.8 Å². The first-order valence-electron chi connectivity index (χ1n) is 10.4. The molecule has 0 aliphatic carbocycles. The molecule has 0 radical (unpaired) electrons. The minimum atomic E-state index is -0.373. The van der Waals surface area contributed by atoms with Gasteiger partial charge in [-0.15, -0.1) is 0 Å². The number of anilines is 1. The summed E-state index contributed by atoms with van der Waals surface area (Å²) in [6.45, 7) is 3.92. The Bertz CT molecular complexity index is 1150. The predicted molar refractivity (Wildman–Crippen MR) is 128 cm³/mol. The summed E-state index contributed by atoms with van der Waals surface area (Å²) in [7, 11) is 1.83. The summed E-state index contributed by atoms with van der Waals surface area (Å²) in [5.74, 6) is 0.0843. The largest absolute Gasteiger partial charge is 0.368 e. The second kappa shape index (κ2) is 9.62. The van der Waals surface area contributed by atoms with Crippen LogP contribution in [0.1, 0.15) is 5.56 Å². The van der Waals surface area contributed by atoms with Crippen LogP contribution in [0.15, 0.2) is 59.3 Å². The molecule has 0 atom stereocenters. The van der Waals surface area contributed by atoms with Crippen molar-refractivity contribution in [2.75, 3.05) is 44.7 Å². The summed E-state index contributed by atoms with van der Waals surface area (Å²) in [5.41, 5.74) is 2.10. The monoisotopic (exact) mass is 497 g/mol. The van der Waals surface area contributed by atoms with Gasteiger partial charge in [-0.25, -0.2) is 0 Å². The number of pyridine rings is 1. The molecule has 2 heterocycles. The van der Waals surface area contributed by atoms with Gasteiger partial charge in [-0.05, 0) is 23.8 Å². The molecule has 1 saturated heterocycles. The van der Waals surface area contributed by atoms with Gasteiger partial charge in [0.25, 0.3) is 5.69 Å². The highest BCUT2D eigenvalue weighted by molar-refractivity contribution is 9.10. The second-order valence-corrected chi connectivity index (χ2v) is 8.74. The topological polar surface area (TPSA) is 82.8 Å². The lowest BCUT2D eigenvalue weighted by molar-refractivity contribution is -0.383. The number of benzene rings is 2. The van der Waals surface area contributed by atoms with E-state index in [1.807, 2.05) is 43.4 Å². The number of carbonyl (C=O) groups excluding carboxylic acids is 1. The molecule has 0 bridgehead atoms. The van der Waals surface area contributed by atoms with Crippen molar-refractivity contribution in [1.29, 1.82) is 0 Å². The normalized spacial score (nSPS) is 14.5. The van der Waals surface area contributed by atoms with Crippen LogP contribution in [0.5, 0.6) is 0 Å². The Balaban J connectivity index is 1.38. The Kier molecular flexibility index (Phi) is 6.66. The van der Waals surface area contributed by atoms with Crippen molar-refractivity contribution in [2.45, 2.75) is 6.54 Å². The molecule has 1 aromatic heterocycles. The van der Waals surface area contributed by atoms with Crippen LogP contribution in [0.3, 0.4) is 0 Å². The van der Waals surface area contributed by atoms with Crippen molar-refractivity contribution < 1.29 is 9.72 Å². The van der Waals surface area contributed by atoms with E-state index in [1.165, 1.54) is 0 Å². The molecule has 0 N–H and O–H groups in total. The first-order chi connectivity index (χ1) is 15.4. The minimum Gasteiger partial charge on any atom is -0.368 e. The minimum absolute atomic E-state index is 0.0640. The van der Waals surface area contributed by atoms with Crippen LogP contribution >= 0.6 is 15.9 Å². The maximum atomic E-state index is 12.7. The third-order valence-electron chi connectivity index (χ3n) is 5.83. The molecule has 32 heavy (non-hydrogen) atoms. The molecule has 1 aliphatic rings. The van der Waals surface area contributed by atoms with Crippen molar-refractivity contribution in [3.8, 4) is 0 Å². The van der Waals surface area contributed by atoms with Crippen LogP contribution in [-0.2, 0) is 11.3 Å². The summed E-state index contributed by atoms with van der Waals surface area (Å²) in [6.07, 6.45) is 3.21. The Morgan fingerprint density at radius 2 is 1.88 bits per heavy atom. The molecule has 3 aromatic rings. The van der Waals surface area contributed by atoms with Gasteiger partial charge in [0.2, 0.25) is 5.91 Å². The fraction of sp³-hybridized carbons (Fsp3) is 0.304. The van der Waals surface area contributed by atoms with Crippen molar-refractivity contribution in [1.82, 2.24) is 14.8 Å². The smallest absolute Gasteiger partial charge is 0.278 e. The van der Waals surface area contributed by atoms with Crippen LogP contribution in [0.2, 0.25) is 0 Å². The number of hydrogen-bond acceptors (Lipinski definition) is 6. The van der Waals surface area contributed by atoms with E-state index < -0.39 is 0 Å². The average molecular weight is 498 g/mol. The van der Waals surface area contributed by atoms with Gasteiger partial charge in [0.15, 0.2) is 0 Å². The number of carbonyl (C=O) groups is 1. The molecule has 0 unspecified atom stereocenters. The lowest BCUT2D eigenvalue weighted by Crippen LogP contribution is -2.49. The number of non-ortho nitro benzene ring substituents is 1. The van der Waals surface area contributed by atoms with E-state index in [0.29, 0.717) is 18.5 Å². The highest BCUT2D eigenvalue weighted by atomic mass is 79.9. The summed E-state index contributed by atoms with van der Waals surface area (Å²) in [6, 6.07) is 13.1. The number of nitrogens with zero attached hydrogens (tertiary/aromatic N) is 5. The lowest BCUT2D eigenvalue weighted by atomic mass is 10.1. The van der Waals surface area contributed by atoms with Gasteiger partial charge in [-0.2, -0.15) is 0 Å². The fourth-order valence-electron chi connectivity index (χ4n) is 4.02. The fourth-order valence-corrected chi connectivity index (χ4v) is 4.43. The summed E-state index contributed by atoms with van der Waals surface area (Å²) >= 11 is 3.54. The Labute approximate surface area is 194 Å².